The summed E-state index contributed by atoms with van der Waals surface area (Å²) >= 11 is 0. The van der Waals surface area contributed by atoms with E-state index in [1.165, 1.54) is 0 Å². The minimum absolute atomic E-state index is 0.287. The van der Waals surface area contributed by atoms with Crippen LogP contribution in [0, 0.1) is 5.92 Å². The van der Waals surface area contributed by atoms with E-state index in [-0.39, 0.29) is 5.92 Å². The normalized spacial score (nSPS) is 36.9. The predicted molar refractivity (Wildman–Crippen MR) is 42.5 cm³/mol. The molecule has 0 aromatic heterocycles. The van der Waals surface area contributed by atoms with Crippen molar-refractivity contribution in [2.24, 2.45) is 5.92 Å². The second-order valence-corrected chi connectivity index (χ2v) is 3.56. The Hall–Kier alpha value is -0.570. The first-order chi connectivity index (χ1) is 5.01. The first kappa shape index (κ1) is 8.53. The summed E-state index contributed by atoms with van der Waals surface area (Å²) in [7, 11) is 3.67. The predicted octanol–water partition coefficient (Wildman–Crippen LogP) is 0.801. The van der Waals surface area contributed by atoms with Gasteiger partial charge < -0.3 is 5.11 Å². The fraction of sp³-hybridized carbons (Fsp3) is 0.875. The minimum Gasteiger partial charge on any atom is -0.480 e. The summed E-state index contributed by atoms with van der Waals surface area (Å²) in [5.74, 6) is -0.392. The van der Waals surface area contributed by atoms with Gasteiger partial charge in [0.1, 0.15) is 5.54 Å². The zero-order valence-electron chi connectivity index (χ0n) is 7.29. The molecule has 0 spiro atoms. The van der Waals surface area contributed by atoms with E-state index in [4.69, 9.17) is 5.11 Å². The molecule has 2 unspecified atom stereocenters. The number of hydrogen-bond acceptors (Lipinski definition) is 2. The molecule has 11 heavy (non-hydrogen) atoms. The molecule has 0 heterocycles. The molecule has 0 amide bonds. The molecule has 0 aromatic rings. The summed E-state index contributed by atoms with van der Waals surface area (Å²) in [5, 5.41) is 8.98. The van der Waals surface area contributed by atoms with Crippen LogP contribution in [0.5, 0.6) is 0 Å². The lowest BCUT2D eigenvalue weighted by atomic mass is 9.67. The first-order valence-electron chi connectivity index (χ1n) is 3.92. The largest absolute Gasteiger partial charge is 0.480 e. The Bertz CT molecular complexity index is 172. The molecule has 1 N–H and O–H groups in total. The molecule has 1 rings (SSSR count). The Morgan fingerprint density at radius 3 is 2.18 bits per heavy atom. The summed E-state index contributed by atoms with van der Waals surface area (Å²) < 4.78 is 0. The molecule has 0 saturated heterocycles. The maximum absolute atomic E-state index is 10.9. The van der Waals surface area contributed by atoms with Crippen molar-refractivity contribution in [3.05, 3.63) is 0 Å². The Labute approximate surface area is 67.0 Å². The minimum atomic E-state index is -0.679. The molecule has 1 aliphatic rings. The molecule has 1 saturated carbocycles. The van der Waals surface area contributed by atoms with Crippen molar-refractivity contribution in [1.29, 1.82) is 0 Å². The Morgan fingerprint density at radius 1 is 1.64 bits per heavy atom. The van der Waals surface area contributed by atoms with Crippen LogP contribution in [0.2, 0.25) is 0 Å². The van der Waals surface area contributed by atoms with Gasteiger partial charge in [0.15, 0.2) is 0 Å². The molecule has 0 aromatic carbocycles. The highest BCUT2D eigenvalue weighted by molar-refractivity contribution is 5.80. The molecule has 64 valence electrons. The molecule has 3 nitrogen and oxygen atoms in total. The van der Waals surface area contributed by atoms with Crippen molar-refractivity contribution in [3.8, 4) is 0 Å². The molecular weight excluding hydrogens is 142 g/mol. The van der Waals surface area contributed by atoms with Gasteiger partial charge in [-0.05, 0) is 32.9 Å². The van der Waals surface area contributed by atoms with Crippen molar-refractivity contribution >= 4 is 5.97 Å². The summed E-state index contributed by atoms with van der Waals surface area (Å²) in [6.07, 6.45) is 1.82. The van der Waals surface area contributed by atoms with Gasteiger partial charge in [0, 0.05) is 0 Å². The molecular formula is C8H15NO2. The topological polar surface area (TPSA) is 40.5 Å². The highest BCUT2D eigenvalue weighted by Gasteiger charge is 2.52. The highest BCUT2D eigenvalue weighted by atomic mass is 16.4. The fourth-order valence-corrected chi connectivity index (χ4v) is 1.88. The third-order valence-electron chi connectivity index (χ3n) is 2.94. The molecule has 0 radical (unpaired) electrons. The Balaban J connectivity index is 2.81. The number of carboxylic acids is 1. The summed E-state index contributed by atoms with van der Waals surface area (Å²) in [4.78, 5) is 12.7. The molecule has 3 heteroatoms. The van der Waals surface area contributed by atoms with Crippen molar-refractivity contribution in [2.45, 2.75) is 25.3 Å². The molecule has 0 bridgehead atoms. The van der Waals surface area contributed by atoms with Gasteiger partial charge >= 0.3 is 5.97 Å². The monoisotopic (exact) mass is 157 g/mol. The van der Waals surface area contributed by atoms with Gasteiger partial charge in [-0.3, -0.25) is 9.69 Å². The van der Waals surface area contributed by atoms with Crippen molar-refractivity contribution < 1.29 is 9.90 Å². The van der Waals surface area contributed by atoms with E-state index >= 15 is 0 Å². The highest BCUT2D eigenvalue weighted by Crippen LogP contribution is 2.41. The van der Waals surface area contributed by atoms with Gasteiger partial charge in [0.05, 0.1) is 0 Å². The van der Waals surface area contributed by atoms with E-state index in [1.807, 2.05) is 25.9 Å². The number of nitrogens with zero attached hydrogens (tertiary/aromatic N) is 1. The number of rotatable bonds is 2. The molecule has 1 aliphatic carbocycles. The van der Waals surface area contributed by atoms with Gasteiger partial charge in [-0.1, -0.05) is 6.92 Å². The van der Waals surface area contributed by atoms with E-state index in [0.717, 1.165) is 12.8 Å². The zero-order valence-corrected chi connectivity index (χ0v) is 7.29. The van der Waals surface area contributed by atoms with Gasteiger partial charge in [-0.2, -0.15) is 0 Å². The Morgan fingerprint density at radius 2 is 2.18 bits per heavy atom. The van der Waals surface area contributed by atoms with Crippen LogP contribution in [0.15, 0.2) is 0 Å². The number of aliphatic carboxylic acids is 1. The van der Waals surface area contributed by atoms with E-state index in [2.05, 4.69) is 0 Å². The number of likely N-dealkylation sites (N-methyl/N-ethyl adjacent to an activating group) is 1. The average Bonchev–Trinajstić information content (AvgIpc) is 1.83. The van der Waals surface area contributed by atoms with Crippen LogP contribution in [0.25, 0.3) is 0 Å². The van der Waals surface area contributed by atoms with Gasteiger partial charge in [-0.25, -0.2) is 0 Å². The van der Waals surface area contributed by atoms with Crippen LogP contribution >= 0.6 is 0 Å². The van der Waals surface area contributed by atoms with E-state index in [1.54, 1.807) is 0 Å². The van der Waals surface area contributed by atoms with Crippen LogP contribution < -0.4 is 0 Å². The van der Waals surface area contributed by atoms with E-state index in [9.17, 15) is 4.79 Å². The summed E-state index contributed by atoms with van der Waals surface area (Å²) in [6, 6.07) is 0. The molecule has 1 fully saturated rings. The maximum atomic E-state index is 10.9. The quantitative estimate of drug-likeness (QED) is 0.644. The maximum Gasteiger partial charge on any atom is 0.324 e. The smallest absolute Gasteiger partial charge is 0.324 e. The number of carbonyl (C=O) groups is 1. The second-order valence-electron chi connectivity index (χ2n) is 3.56. The lowest BCUT2D eigenvalue weighted by molar-refractivity contribution is -0.161. The second kappa shape index (κ2) is 2.48. The van der Waals surface area contributed by atoms with Gasteiger partial charge in [0.25, 0.3) is 0 Å². The summed E-state index contributed by atoms with van der Waals surface area (Å²) in [6.45, 7) is 2.00. The lowest BCUT2D eigenvalue weighted by Gasteiger charge is -2.48. The SMILES string of the molecule is CC1CCC1(C(=O)O)N(C)C. The van der Waals surface area contributed by atoms with Gasteiger partial charge in [-0.15, -0.1) is 0 Å². The van der Waals surface area contributed by atoms with Crippen LogP contribution in [0.4, 0.5) is 0 Å². The lowest BCUT2D eigenvalue weighted by Crippen LogP contribution is -2.61. The van der Waals surface area contributed by atoms with Crippen LogP contribution in [0.3, 0.4) is 0 Å². The third-order valence-corrected chi connectivity index (χ3v) is 2.94. The van der Waals surface area contributed by atoms with Crippen molar-refractivity contribution in [3.63, 3.8) is 0 Å². The van der Waals surface area contributed by atoms with Crippen LogP contribution in [0.1, 0.15) is 19.8 Å². The average molecular weight is 157 g/mol. The van der Waals surface area contributed by atoms with E-state index in [0.29, 0.717) is 0 Å². The van der Waals surface area contributed by atoms with E-state index < -0.39 is 11.5 Å². The molecule has 2 atom stereocenters. The van der Waals surface area contributed by atoms with Gasteiger partial charge in [0.2, 0.25) is 0 Å². The zero-order chi connectivity index (χ0) is 8.65. The number of hydrogen-bond donors (Lipinski definition) is 1. The third kappa shape index (κ3) is 0.948. The summed E-state index contributed by atoms with van der Waals surface area (Å²) in [5.41, 5.74) is -0.569. The van der Waals surface area contributed by atoms with Crippen molar-refractivity contribution in [1.82, 2.24) is 4.90 Å². The van der Waals surface area contributed by atoms with Crippen molar-refractivity contribution in [2.75, 3.05) is 14.1 Å². The fourth-order valence-electron chi connectivity index (χ4n) is 1.88. The van der Waals surface area contributed by atoms with Crippen LogP contribution in [-0.4, -0.2) is 35.6 Å². The number of carboxylic acid groups (broad SMARTS) is 1. The standard InChI is InChI=1S/C8H15NO2/c1-6-4-5-8(6,7(10)11)9(2)3/h6H,4-5H2,1-3H3,(H,10,11). The molecule has 0 aliphatic heterocycles. The Kier molecular flexibility index (Phi) is 1.92. The van der Waals surface area contributed by atoms with Crippen LogP contribution in [-0.2, 0) is 4.79 Å². The first-order valence-corrected chi connectivity index (χ1v) is 3.92.